The lowest BCUT2D eigenvalue weighted by Gasteiger charge is -2.11. The highest BCUT2D eigenvalue weighted by Crippen LogP contribution is 2.20. The lowest BCUT2D eigenvalue weighted by atomic mass is 10.3. The van der Waals surface area contributed by atoms with E-state index in [0.29, 0.717) is 17.9 Å². The summed E-state index contributed by atoms with van der Waals surface area (Å²) < 4.78 is 6.88. The number of imidazole rings is 1. The first-order chi connectivity index (χ1) is 8.15. The van der Waals surface area contributed by atoms with Crippen LogP contribution in [0.1, 0.15) is 37.4 Å². The highest BCUT2D eigenvalue weighted by atomic mass is 16.5. The maximum absolute atomic E-state index is 11.8. The second-order valence-corrected chi connectivity index (χ2v) is 3.98. The summed E-state index contributed by atoms with van der Waals surface area (Å²) in [5, 5.41) is 0. The Labute approximate surface area is 99.4 Å². The van der Waals surface area contributed by atoms with Crippen LogP contribution in [0.4, 0.5) is 0 Å². The smallest absolute Gasteiger partial charge is 0.374 e. The third kappa shape index (κ3) is 2.00. The molecule has 0 unspecified atom stereocenters. The van der Waals surface area contributed by atoms with Crippen LogP contribution < -0.4 is 0 Å². The zero-order chi connectivity index (χ0) is 12.4. The van der Waals surface area contributed by atoms with Crippen molar-refractivity contribution in [2.24, 2.45) is 0 Å². The molecule has 0 N–H and O–H groups in total. The lowest BCUT2D eigenvalue weighted by molar-refractivity contribution is 0.0505. The van der Waals surface area contributed by atoms with Crippen LogP contribution in [-0.2, 0) is 4.74 Å². The summed E-state index contributed by atoms with van der Waals surface area (Å²) in [5.74, 6) is -0.0535. The molecule has 0 aliphatic heterocycles. The molecule has 0 fully saturated rings. The van der Waals surface area contributed by atoms with Gasteiger partial charge in [-0.05, 0) is 26.8 Å². The minimum absolute atomic E-state index is 0.141. The molecule has 0 saturated carbocycles. The Kier molecular flexibility index (Phi) is 3.08. The van der Waals surface area contributed by atoms with Crippen molar-refractivity contribution in [1.82, 2.24) is 14.5 Å². The summed E-state index contributed by atoms with van der Waals surface area (Å²) in [6.45, 7) is 6.13. The summed E-state index contributed by atoms with van der Waals surface area (Å²) in [6, 6.07) is 1.99. The molecule has 2 rings (SSSR count). The number of hydrogen-bond donors (Lipinski definition) is 0. The van der Waals surface area contributed by atoms with E-state index in [1.165, 1.54) is 0 Å². The molecule has 2 heterocycles. The largest absolute Gasteiger partial charge is 0.460 e. The monoisotopic (exact) mass is 233 g/mol. The van der Waals surface area contributed by atoms with Crippen molar-refractivity contribution in [3.63, 3.8) is 0 Å². The second kappa shape index (κ2) is 4.53. The van der Waals surface area contributed by atoms with Gasteiger partial charge in [0.1, 0.15) is 5.52 Å². The molecule has 2 aromatic rings. The fourth-order valence-corrected chi connectivity index (χ4v) is 1.81. The molecule has 0 radical (unpaired) electrons. The number of nitrogens with zero attached hydrogens (tertiary/aromatic N) is 3. The topological polar surface area (TPSA) is 57.0 Å². The van der Waals surface area contributed by atoms with Gasteiger partial charge in [0, 0.05) is 12.2 Å². The Balaban J connectivity index is 2.61. The Bertz CT molecular complexity index is 546. The quantitative estimate of drug-likeness (QED) is 0.762. The van der Waals surface area contributed by atoms with Crippen LogP contribution in [0.2, 0.25) is 0 Å². The van der Waals surface area contributed by atoms with Crippen molar-refractivity contribution in [3.05, 3.63) is 24.3 Å². The number of pyridine rings is 1. The van der Waals surface area contributed by atoms with Gasteiger partial charge in [0.05, 0.1) is 18.3 Å². The standard InChI is InChI=1S/C12H15N3O2/c1-4-17-12(16)11-14-9-7-13-6-5-10(9)15(11)8(2)3/h5-8H,4H2,1-3H3. The zero-order valence-corrected chi connectivity index (χ0v) is 10.2. The van der Waals surface area contributed by atoms with E-state index in [1.54, 1.807) is 19.3 Å². The number of fused-ring (bicyclic) bond motifs is 1. The molecule has 90 valence electrons. The van der Waals surface area contributed by atoms with E-state index in [9.17, 15) is 4.79 Å². The van der Waals surface area contributed by atoms with E-state index in [1.807, 2.05) is 24.5 Å². The van der Waals surface area contributed by atoms with E-state index in [0.717, 1.165) is 5.52 Å². The van der Waals surface area contributed by atoms with Crippen LogP contribution in [0.3, 0.4) is 0 Å². The van der Waals surface area contributed by atoms with Crippen LogP contribution in [0.5, 0.6) is 0 Å². The Morgan fingerprint density at radius 3 is 2.94 bits per heavy atom. The van der Waals surface area contributed by atoms with Gasteiger partial charge in [-0.2, -0.15) is 0 Å². The van der Waals surface area contributed by atoms with Crippen molar-refractivity contribution in [2.45, 2.75) is 26.8 Å². The van der Waals surface area contributed by atoms with Crippen molar-refractivity contribution in [3.8, 4) is 0 Å². The summed E-state index contributed by atoms with van der Waals surface area (Å²) in [6.07, 6.45) is 3.34. The molecule has 0 aliphatic carbocycles. The number of esters is 1. The molecule has 2 aromatic heterocycles. The number of carbonyl (C=O) groups is 1. The summed E-state index contributed by atoms with van der Waals surface area (Å²) in [5.41, 5.74) is 1.61. The molecule has 17 heavy (non-hydrogen) atoms. The Morgan fingerprint density at radius 1 is 1.53 bits per heavy atom. The van der Waals surface area contributed by atoms with Crippen molar-refractivity contribution in [2.75, 3.05) is 6.61 Å². The van der Waals surface area contributed by atoms with Crippen molar-refractivity contribution in [1.29, 1.82) is 0 Å². The molecule has 0 bridgehead atoms. The third-order valence-electron chi connectivity index (χ3n) is 2.47. The van der Waals surface area contributed by atoms with Gasteiger partial charge in [0.25, 0.3) is 0 Å². The molecule has 5 nitrogen and oxygen atoms in total. The predicted octanol–water partition coefficient (Wildman–Crippen LogP) is 2.19. The molecule has 0 aliphatic rings. The molecule has 0 saturated heterocycles. The molecule has 0 atom stereocenters. The van der Waals surface area contributed by atoms with Crippen LogP contribution in [-0.4, -0.2) is 27.1 Å². The maximum Gasteiger partial charge on any atom is 0.374 e. The predicted molar refractivity (Wildman–Crippen MR) is 63.9 cm³/mol. The summed E-state index contributed by atoms with van der Waals surface area (Å²) in [4.78, 5) is 20.1. The first kappa shape index (κ1) is 11.6. The number of hydrogen-bond acceptors (Lipinski definition) is 4. The van der Waals surface area contributed by atoms with E-state index in [4.69, 9.17) is 4.74 Å². The molecule has 5 heteroatoms. The molecule has 0 spiro atoms. The highest BCUT2D eigenvalue weighted by Gasteiger charge is 2.20. The number of carbonyl (C=O) groups excluding carboxylic acids is 1. The van der Waals surface area contributed by atoms with Gasteiger partial charge >= 0.3 is 5.97 Å². The van der Waals surface area contributed by atoms with Crippen molar-refractivity contribution >= 4 is 17.0 Å². The van der Waals surface area contributed by atoms with Gasteiger partial charge in [-0.15, -0.1) is 0 Å². The number of aromatic nitrogens is 3. The Morgan fingerprint density at radius 2 is 2.29 bits per heavy atom. The van der Waals surface area contributed by atoms with Gasteiger partial charge < -0.3 is 9.30 Å². The Hall–Kier alpha value is -1.91. The zero-order valence-electron chi connectivity index (χ0n) is 10.2. The minimum Gasteiger partial charge on any atom is -0.460 e. The van der Waals surface area contributed by atoms with E-state index in [2.05, 4.69) is 9.97 Å². The average Bonchev–Trinajstić information content (AvgIpc) is 2.68. The van der Waals surface area contributed by atoms with Crippen LogP contribution in [0.25, 0.3) is 11.0 Å². The van der Waals surface area contributed by atoms with Crippen LogP contribution in [0, 0.1) is 0 Å². The number of ether oxygens (including phenoxy) is 1. The van der Waals surface area contributed by atoms with Gasteiger partial charge in [0.2, 0.25) is 5.82 Å². The fourth-order valence-electron chi connectivity index (χ4n) is 1.81. The molecule has 0 amide bonds. The third-order valence-corrected chi connectivity index (χ3v) is 2.47. The first-order valence-corrected chi connectivity index (χ1v) is 5.64. The number of rotatable bonds is 3. The van der Waals surface area contributed by atoms with Crippen LogP contribution in [0.15, 0.2) is 18.5 Å². The van der Waals surface area contributed by atoms with Crippen LogP contribution >= 0.6 is 0 Å². The fraction of sp³-hybridized carbons (Fsp3) is 0.417. The average molecular weight is 233 g/mol. The van der Waals surface area contributed by atoms with E-state index >= 15 is 0 Å². The van der Waals surface area contributed by atoms with Gasteiger partial charge in [-0.1, -0.05) is 0 Å². The van der Waals surface area contributed by atoms with E-state index < -0.39 is 5.97 Å². The molecule has 0 aromatic carbocycles. The van der Waals surface area contributed by atoms with Gasteiger partial charge in [0.15, 0.2) is 0 Å². The maximum atomic E-state index is 11.8. The second-order valence-electron chi connectivity index (χ2n) is 3.98. The lowest BCUT2D eigenvalue weighted by Crippen LogP contribution is -2.14. The van der Waals surface area contributed by atoms with Crippen molar-refractivity contribution < 1.29 is 9.53 Å². The molecular weight excluding hydrogens is 218 g/mol. The normalized spacial score (nSPS) is 11.1. The van der Waals surface area contributed by atoms with Gasteiger partial charge in [-0.3, -0.25) is 4.98 Å². The minimum atomic E-state index is -0.391. The van der Waals surface area contributed by atoms with Gasteiger partial charge in [-0.25, -0.2) is 9.78 Å². The first-order valence-electron chi connectivity index (χ1n) is 5.64. The summed E-state index contributed by atoms with van der Waals surface area (Å²) in [7, 11) is 0. The van der Waals surface area contributed by atoms with E-state index in [-0.39, 0.29) is 6.04 Å². The SMILES string of the molecule is CCOC(=O)c1nc2cnccc2n1C(C)C. The highest BCUT2D eigenvalue weighted by molar-refractivity contribution is 5.91. The molecular formula is C12H15N3O2. The summed E-state index contributed by atoms with van der Waals surface area (Å²) >= 11 is 0.